The average Bonchev–Trinajstić information content (AvgIpc) is 3.51. The first kappa shape index (κ1) is 67.4. The maximum Gasteiger partial charge on any atom is 0.231 e. The molecular weight excluding hydrogens is 1100 g/mol. The van der Waals surface area contributed by atoms with Gasteiger partial charge in [0, 0.05) is 103 Å². The normalized spacial score (nSPS) is 28.7. The second kappa shape index (κ2) is 22.1. The molecule has 0 aliphatic carbocycles. The van der Waals surface area contributed by atoms with Gasteiger partial charge in [-0.3, -0.25) is 0 Å². The lowest BCUT2D eigenvalue weighted by Crippen LogP contribution is -2.67. The van der Waals surface area contributed by atoms with Crippen molar-refractivity contribution in [2.24, 2.45) is 0 Å². The molecule has 24 heteroatoms. The van der Waals surface area contributed by atoms with E-state index < -0.39 is 66.5 Å². The standard InChI is InChI=1S/C60H104N16O6S2/c1-49(2)25-37(26-50(3,4)71(49)77)61-43-63-45(69(39-29-53(9,10)73(79)54(11,12)30-39)40-31-55(13,14)74(80)56(15,16)32-40)67-47(65-43)83-84-48-66-44(62-38-27-51(5,6)72(78)52(7,8)28-38)64-46(68-48)70(41-33-57(17,18)75(81)58(19,20)34-41)42-35-59(21,22)76(82)60(23,24)36-42/h37-42H,25-36H2,1-24H3,(H,61,63,65,67)(H,62,64,66,68). The Balaban J connectivity index is 1.29. The number of anilines is 4. The van der Waals surface area contributed by atoms with Gasteiger partial charge in [-0.1, -0.05) is 0 Å². The maximum absolute atomic E-state index is 14.1. The molecule has 0 aromatic carbocycles. The summed E-state index contributed by atoms with van der Waals surface area (Å²) in [7, 11) is 2.58. The summed E-state index contributed by atoms with van der Waals surface area (Å²) in [5, 5.41) is 99.2. The molecule has 8 heterocycles. The van der Waals surface area contributed by atoms with Crippen LogP contribution in [-0.4, -0.2) is 163 Å². The molecule has 0 spiro atoms. The van der Waals surface area contributed by atoms with Gasteiger partial charge in [-0.25, -0.2) is 0 Å². The Hall–Kier alpha value is -2.56. The van der Waals surface area contributed by atoms with Gasteiger partial charge in [-0.2, -0.15) is 29.9 Å². The van der Waals surface area contributed by atoms with Crippen LogP contribution in [0.4, 0.5) is 23.8 Å². The molecular formula is C60H104N16O6S2. The zero-order chi connectivity index (χ0) is 63.1. The van der Waals surface area contributed by atoms with E-state index in [1.165, 1.54) is 52.0 Å². The minimum atomic E-state index is -0.748. The third-order valence-electron chi connectivity index (χ3n) is 19.6. The highest BCUT2D eigenvalue weighted by Gasteiger charge is 2.56. The second-order valence-electron chi connectivity index (χ2n) is 33.7. The van der Waals surface area contributed by atoms with Gasteiger partial charge in [0.25, 0.3) is 0 Å². The fourth-order valence-corrected chi connectivity index (χ4v) is 18.7. The largest absolute Gasteiger partial charge is 0.351 e. The van der Waals surface area contributed by atoms with Crippen LogP contribution in [0, 0.1) is 0 Å². The van der Waals surface area contributed by atoms with Crippen molar-refractivity contribution in [1.82, 2.24) is 60.3 Å². The van der Waals surface area contributed by atoms with E-state index in [1.807, 2.05) is 166 Å². The van der Waals surface area contributed by atoms with Crippen molar-refractivity contribution in [3.63, 3.8) is 0 Å². The van der Waals surface area contributed by atoms with Crippen molar-refractivity contribution in [2.45, 2.75) is 356 Å². The average molecular weight is 1210 g/mol. The molecule has 8 rings (SSSR count). The molecule has 0 saturated carbocycles. The predicted molar refractivity (Wildman–Crippen MR) is 326 cm³/mol. The van der Waals surface area contributed by atoms with E-state index in [1.54, 1.807) is 0 Å². The highest BCUT2D eigenvalue weighted by atomic mass is 33.1. The monoisotopic (exact) mass is 1210 g/mol. The summed E-state index contributed by atoms with van der Waals surface area (Å²) in [5.74, 6) is 1.53. The maximum atomic E-state index is 14.1. The first-order valence-electron chi connectivity index (χ1n) is 30.7. The van der Waals surface area contributed by atoms with E-state index in [-0.39, 0.29) is 36.3 Å². The molecule has 6 aliphatic heterocycles. The fraction of sp³-hybridized carbons (Fsp3) is 0.900. The van der Waals surface area contributed by atoms with Crippen LogP contribution < -0.4 is 20.4 Å². The molecule has 6 fully saturated rings. The van der Waals surface area contributed by atoms with Gasteiger partial charge < -0.3 is 20.4 Å². The van der Waals surface area contributed by atoms with Crippen molar-refractivity contribution in [3.8, 4) is 0 Å². The van der Waals surface area contributed by atoms with Crippen LogP contribution in [0.5, 0.6) is 0 Å². The fourth-order valence-electron chi connectivity index (χ4n) is 17.2. The van der Waals surface area contributed by atoms with Crippen molar-refractivity contribution in [1.29, 1.82) is 0 Å². The van der Waals surface area contributed by atoms with E-state index in [9.17, 15) is 31.2 Å². The molecule has 6 aliphatic rings. The van der Waals surface area contributed by atoms with Crippen LogP contribution in [-0.2, 0) is 31.2 Å². The number of aromatic nitrogens is 6. The SMILES string of the molecule is CC1(C)CC(Nc2nc(SSc3nc(NC4CC(C)(C)N([O])C(C)(C)C4)nc(N(C4CC(C)(C)N([O])C(C)(C)C4)C4CC(C)(C)N([O])C(C)(C)C4)n3)nc(N(C3CC(C)(C)N([O])C(C)(C)C3)C3CC(C)(C)N([O])C(C)(C)C3)n2)CC(C)(C)N1[O]. The molecule has 0 atom stereocenters. The first-order chi connectivity index (χ1) is 37.9. The van der Waals surface area contributed by atoms with Gasteiger partial charge in [-0.05, 0) is 265 Å². The minimum Gasteiger partial charge on any atom is -0.351 e. The molecule has 472 valence electrons. The third kappa shape index (κ3) is 13.5. The summed E-state index contributed by atoms with van der Waals surface area (Å²) in [6.07, 6.45) is 6.24. The topological polar surface area (TPSA) is 247 Å². The lowest BCUT2D eigenvalue weighted by molar-refractivity contribution is -0.294. The Bertz CT molecular complexity index is 2330. The van der Waals surface area contributed by atoms with Crippen LogP contribution in [0.3, 0.4) is 0 Å². The highest BCUT2D eigenvalue weighted by molar-refractivity contribution is 8.76. The van der Waals surface area contributed by atoms with Crippen molar-refractivity contribution in [2.75, 3.05) is 20.4 Å². The Morgan fingerprint density at radius 1 is 0.298 bits per heavy atom. The lowest BCUT2D eigenvalue weighted by atomic mass is 9.74. The Kier molecular flexibility index (Phi) is 17.8. The van der Waals surface area contributed by atoms with E-state index in [2.05, 4.69) is 20.4 Å². The molecule has 0 bridgehead atoms. The quantitative estimate of drug-likeness (QED) is 0.177. The molecule has 6 radical (unpaired) electrons. The molecule has 0 unspecified atom stereocenters. The second-order valence-corrected chi connectivity index (χ2v) is 35.8. The van der Waals surface area contributed by atoms with E-state index in [0.717, 1.165) is 0 Å². The molecule has 0 amide bonds. The molecule has 84 heavy (non-hydrogen) atoms. The minimum absolute atomic E-state index is 0.182. The van der Waals surface area contributed by atoms with Gasteiger partial charge in [0.2, 0.25) is 34.1 Å². The number of nitrogens with zero attached hydrogens (tertiary/aromatic N) is 14. The zero-order valence-corrected chi connectivity index (χ0v) is 57.1. The smallest absolute Gasteiger partial charge is 0.231 e. The molecule has 2 N–H and O–H groups in total. The summed E-state index contributed by atoms with van der Waals surface area (Å²) in [4.78, 5) is 36.4. The van der Waals surface area contributed by atoms with Crippen LogP contribution in [0.1, 0.15) is 243 Å². The van der Waals surface area contributed by atoms with Crippen molar-refractivity contribution >= 4 is 45.4 Å². The molecule has 2 aromatic rings. The molecule has 6 saturated heterocycles. The van der Waals surface area contributed by atoms with Gasteiger partial charge in [-0.15, -0.1) is 61.6 Å². The van der Waals surface area contributed by atoms with E-state index in [4.69, 9.17) is 29.9 Å². The summed E-state index contributed by atoms with van der Waals surface area (Å²) >= 11 is 0. The summed E-state index contributed by atoms with van der Waals surface area (Å²) in [5.41, 5.74) is -8.74. The number of rotatable bonds is 13. The predicted octanol–water partition coefficient (Wildman–Crippen LogP) is 11.5. The number of piperidine rings is 6. The summed E-state index contributed by atoms with van der Waals surface area (Å²) in [6, 6.07) is -1.20. The Morgan fingerprint density at radius 3 is 0.667 bits per heavy atom. The van der Waals surface area contributed by atoms with E-state index >= 15 is 0 Å². The van der Waals surface area contributed by atoms with Crippen molar-refractivity contribution < 1.29 is 31.2 Å². The van der Waals surface area contributed by atoms with E-state index in [0.29, 0.717) is 111 Å². The van der Waals surface area contributed by atoms with Crippen molar-refractivity contribution in [3.05, 3.63) is 0 Å². The summed E-state index contributed by atoms with van der Waals surface area (Å²) in [6.45, 7) is 47.7. The first-order valence-corrected chi connectivity index (χ1v) is 32.9. The highest BCUT2D eigenvalue weighted by Crippen LogP contribution is 2.50. The number of hydrogen-bond acceptors (Lipinski definition) is 18. The Labute approximate surface area is 511 Å². The molecule has 22 nitrogen and oxygen atoms in total. The Morgan fingerprint density at radius 2 is 0.476 bits per heavy atom. The number of hydrogen-bond donors (Lipinski definition) is 2. The zero-order valence-electron chi connectivity index (χ0n) is 55.5. The number of nitrogens with one attached hydrogen (secondary N) is 2. The van der Waals surface area contributed by atoms with Crippen LogP contribution >= 0.6 is 21.6 Å². The van der Waals surface area contributed by atoms with Crippen LogP contribution in [0.25, 0.3) is 0 Å². The van der Waals surface area contributed by atoms with Gasteiger partial charge >= 0.3 is 0 Å². The summed E-state index contributed by atoms with van der Waals surface area (Å²) < 4.78 is 0. The lowest BCUT2D eigenvalue weighted by Gasteiger charge is -2.57. The van der Waals surface area contributed by atoms with Gasteiger partial charge in [0.1, 0.15) is 0 Å². The third-order valence-corrected chi connectivity index (χ3v) is 21.5. The molecule has 2 aromatic heterocycles. The van der Waals surface area contributed by atoms with Crippen LogP contribution in [0.15, 0.2) is 10.3 Å². The number of hydroxylamine groups is 12. The van der Waals surface area contributed by atoms with Gasteiger partial charge in [0.05, 0.1) is 0 Å². The van der Waals surface area contributed by atoms with Gasteiger partial charge in [0.15, 0.2) is 0 Å². The van der Waals surface area contributed by atoms with Crippen LogP contribution in [0.2, 0.25) is 0 Å².